The monoisotopic (exact) mass is 354 g/mol. The Morgan fingerprint density at radius 2 is 2.08 bits per heavy atom. The highest BCUT2D eigenvalue weighted by Crippen LogP contribution is 2.36. The summed E-state index contributed by atoms with van der Waals surface area (Å²) in [4.78, 5) is 14.5. The molecule has 5 heteroatoms. The van der Waals surface area contributed by atoms with Crippen molar-refractivity contribution in [3.63, 3.8) is 0 Å². The van der Waals surface area contributed by atoms with E-state index in [-0.39, 0.29) is 12.5 Å². The Balaban J connectivity index is 1.75. The van der Waals surface area contributed by atoms with Crippen LogP contribution < -0.4 is 15.0 Å². The molecule has 0 heterocycles. The van der Waals surface area contributed by atoms with Crippen molar-refractivity contribution in [2.45, 2.75) is 24.9 Å². The lowest BCUT2D eigenvalue weighted by Crippen LogP contribution is -2.43. The van der Waals surface area contributed by atoms with E-state index in [0.29, 0.717) is 12.0 Å². The summed E-state index contributed by atoms with van der Waals surface area (Å²) in [5.41, 5.74) is 2.47. The molecule has 0 saturated heterocycles. The van der Waals surface area contributed by atoms with E-state index >= 15 is 0 Å². The lowest BCUT2D eigenvalue weighted by Gasteiger charge is -2.35. The smallest absolute Gasteiger partial charge is 0.251 e. The van der Waals surface area contributed by atoms with Crippen LogP contribution in [0.3, 0.4) is 0 Å². The molecule has 0 aliphatic heterocycles. The van der Waals surface area contributed by atoms with Crippen molar-refractivity contribution in [1.29, 1.82) is 0 Å². The summed E-state index contributed by atoms with van der Waals surface area (Å²) >= 11 is 0. The van der Waals surface area contributed by atoms with Gasteiger partial charge in [0, 0.05) is 25.3 Å². The quantitative estimate of drug-likeness (QED) is 0.867. The number of carbonyl (C=O) groups excluding carboxylic acids is 1. The van der Waals surface area contributed by atoms with E-state index in [1.54, 1.807) is 13.2 Å². The molecule has 0 saturated carbocycles. The summed E-state index contributed by atoms with van der Waals surface area (Å²) in [6, 6.07) is 13.2. The van der Waals surface area contributed by atoms with Crippen LogP contribution >= 0.6 is 0 Å². The van der Waals surface area contributed by atoms with E-state index in [9.17, 15) is 9.90 Å². The normalized spacial score (nSPS) is 18.8. The van der Waals surface area contributed by atoms with Crippen LogP contribution in [0, 0.1) is 0 Å². The molecule has 1 aliphatic carbocycles. The maximum Gasteiger partial charge on any atom is 0.251 e. The van der Waals surface area contributed by atoms with Crippen molar-refractivity contribution in [2.24, 2.45) is 0 Å². The van der Waals surface area contributed by atoms with Gasteiger partial charge in [-0.15, -0.1) is 0 Å². The Labute approximate surface area is 154 Å². The number of ether oxygens (including phenoxy) is 1. The molecule has 0 fully saturated rings. The van der Waals surface area contributed by atoms with Crippen LogP contribution in [0.4, 0.5) is 5.69 Å². The van der Waals surface area contributed by atoms with Gasteiger partial charge in [-0.25, -0.2) is 0 Å². The number of nitrogens with one attached hydrogen (secondary N) is 1. The van der Waals surface area contributed by atoms with Gasteiger partial charge in [0.25, 0.3) is 5.91 Å². The molecule has 0 spiro atoms. The predicted octanol–water partition coefficient (Wildman–Crippen LogP) is 2.72. The van der Waals surface area contributed by atoms with E-state index in [0.717, 1.165) is 35.4 Å². The SMILES string of the molecule is COc1ccc2c(c1)CCCC2(O)CNC(=O)c1cccc(N(C)C)c1. The van der Waals surface area contributed by atoms with Gasteiger partial charge in [-0.3, -0.25) is 4.79 Å². The van der Waals surface area contributed by atoms with Gasteiger partial charge >= 0.3 is 0 Å². The second-order valence-electron chi connectivity index (χ2n) is 7.04. The highest BCUT2D eigenvalue weighted by molar-refractivity contribution is 5.95. The van der Waals surface area contributed by atoms with Crippen LogP contribution in [0.2, 0.25) is 0 Å². The van der Waals surface area contributed by atoms with E-state index in [1.807, 2.05) is 55.4 Å². The van der Waals surface area contributed by atoms with Crippen LogP contribution in [0.15, 0.2) is 42.5 Å². The third kappa shape index (κ3) is 3.68. The van der Waals surface area contributed by atoms with Crippen molar-refractivity contribution >= 4 is 11.6 Å². The molecular formula is C21H26N2O3. The first-order valence-corrected chi connectivity index (χ1v) is 8.88. The van der Waals surface area contributed by atoms with Crippen LogP contribution in [0.5, 0.6) is 5.75 Å². The topological polar surface area (TPSA) is 61.8 Å². The summed E-state index contributed by atoms with van der Waals surface area (Å²) in [6.45, 7) is 0.192. The molecule has 3 rings (SSSR count). The van der Waals surface area contributed by atoms with Crippen molar-refractivity contribution < 1.29 is 14.6 Å². The number of rotatable bonds is 5. The van der Waals surface area contributed by atoms with Gasteiger partial charge in [-0.2, -0.15) is 0 Å². The third-order valence-corrected chi connectivity index (χ3v) is 5.02. The van der Waals surface area contributed by atoms with E-state index in [4.69, 9.17) is 4.74 Å². The minimum absolute atomic E-state index is 0.178. The molecule has 1 amide bonds. The molecule has 2 aromatic rings. The van der Waals surface area contributed by atoms with E-state index in [1.165, 1.54) is 0 Å². The van der Waals surface area contributed by atoms with Crippen LogP contribution in [0.25, 0.3) is 0 Å². The molecule has 1 atom stereocenters. The summed E-state index contributed by atoms with van der Waals surface area (Å²) in [5, 5.41) is 14.1. The molecular weight excluding hydrogens is 328 g/mol. The van der Waals surface area contributed by atoms with Gasteiger partial charge in [0.2, 0.25) is 0 Å². The first-order valence-electron chi connectivity index (χ1n) is 8.88. The van der Waals surface area contributed by atoms with E-state index in [2.05, 4.69) is 5.32 Å². The fourth-order valence-electron chi connectivity index (χ4n) is 3.50. The number of carbonyl (C=O) groups is 1. The highest BCUT2D eigenvalue weighted by Gasteiger charge is 2.35. The third-order valence-electron chi connectivity index (χ3n) is 5.02. The van der Waals surface area contributed by atoms with Gasteiger partial charge in [0.1, 0.15) is 11.4 Å². The number of aliphatic hydroxyl groups is 1. The summed E-state index contributed by atoms with van der Waals surface area (Å²) in [7, 11) is 5.51. The predicted molar refractivity (Wildman–Crippen MR) is 103 cm³/mol. The fourth-order valence-corrected chi connectivity index (χ4v) is 3.50. The molecule has 1 unspecified atom stereocenters. The second-order valence-corrected chi connectivity index (χ2v) is 7.04. The molecule has 0 radical (unpaired) electrons. The Kier molecular flexibility index (Phi) is 5.18. The number of hydrogen-bond acceptors (Lipinski definition) is 4. The van der Waals surface area contributed by atoms with Gasteiger partial charge in [-0.05, 0) is 60.7 Å². The Bertz CT molecular complexity index is 804. The zero-order valence-electron chi connectivity index (χ0n) is 15.6. The minimum atomic E-state index is -1.05. The van der Waals surface area contributed by atoms with Crippen molar-refractivity contribution in [2.75, 3.05) is 32.6 Å². The number of benzene rings is 2. The number of hydrogen-bond donors (Lipinski definition) is 2. The van der Waals surface area contributed by atoms with Crippen molar-refractivity contribution in [3.8, 4) is 5.75 Å². The van der Waals surface area contributed by atoms with Gasteiger partial charge in [0.05, 0.1) is 13.7 Å². The first-order chi connectivity index (χ1) is 12.4. The Hall–Kier alpha value is -2.53. The summed E-state index contributed by atoms with van der Waals surface area (Å²) in [6.07, 6.45) is 2.42. The molecule has 0 aromatic heterocycles. The second kappa shape index (κ2) is 7.38. The Morgan fingerprint density at radius 1 is 1.27 bits per heavy atom. The standard InChI is InChI=1S/C21H26N2O3/c1-23(2)17-8-4-6-16(12-17)20(24)22-14-21(25)11-5-7-15-13-18(26-3)9-10-19(15)21/h4,6,8-10,12-13,25H,5,7,11,14H2,1-3H3,(H,22,24). The Morgan fingerprint density at radius 3 is 2.81 bits per heavy atom. The lowest BCUT2D eigenvalue weighted by atomic mass is 9.79. The van der Waals surface area contributed by atoms with Crippen molar-refractivity contribution in [3.05, 3.63) is 59.2 Å². The zero-order valence-corrected chi connectivity index (χ0v) is 15.6. The molecule has 5 nitrogen and oxygen atoms in total. The average Bonchev–Trinajstić information content (AvgIpc) is 2.66. The van der Waals surface area contributed by atoms with Crippen LogP contribution in [-0.4, -0.2) is 38.8 Å². The maximum atomic E-state index is 12.6. The first kappa shape index (κ1) is 18.3. The largest absolute Gasteiger partial charge is 0.497 e. The summed E-state index contributed by atoms with van der Waals surface area (Å²) < 4.78 is 5.28. The number of aryl methyl sites for hydroxylation is 1. The molecule has 2 aromatic carbocycles. The molecule has 26 heavy (non-hydrogen) atoms. The number of methoxy groups -OCH3 is 1. The van der Waals surface area contributed by atoms with E-state index < -0.39 is 5.60 Å². The fraction of sp³-hybridized carbons (Fsp3) is 0.381. The lowest BCUT2D eigenvalue weighted by molar-refractivity contribution is 0.0189. The number of nitrogens with zero attached hydrogens (tertiary/aromatic N) is 1. The number of amides is 1. The number of anilines is 1. The van der Waals surface area contributed by atoms with Crippen molar-refractivity contribution in [1.82, 2.24) is 5.32 Å². The van der Waals surface area contributed by atoms with Gasteiger partial charge < -0.3 is 20.1 Å². The maximum absolute atomic E-state index is 12.6. The van der Waals surface area contributed by atoms with Gasteiger partial charge in [0.15, 0.2) is 0 Å². The zero-order chi connectivity index (χ0) is 18.7. The molecule has 0 bridgehead atoms. The molecule has 2 N–H and O–H groups in total. The number of fused-ring (bicyclic) bond motifs is 1. The van der Waals surface area contributed by atoms with Crippen LogP contribution in [-0.2, 0) is 12.0 Å². The minimum Gasteiger partial charge on any atom is -0.497 e. The average molecular weight is 354 g/mol. The van der Waals surface area contributed by atoms with Gasteiger partial charge in [-0.1, -0.05) is 12.1 Å². The molecule has 1 aliphatic rings. The highest BCUT2D eigenvalue weighted by atomic mass is 16.5. The molecule has 138 valence electrons. The van der Waals surface area contributed by atoms with Crippen LogP contribution in [0.1, 0.15) is 34.3 Å². The summed E-state index contributed by atoms with van der Waals surface area (Å²) in [5.74, 6) is 0.611.